The van der Waals surface area contributed by atoms with Gasteiger partial charge in [0.1, 0.15) is 17.5 Å². The number of aliphatic carboxylic acids is 1. The molecule has 3 N–H and O–H groups in total. The van der Waals surface area contributed by atoms with Gasteiger partial charge in [0.05, 0.1) is 0 Å². The number of fused-ring (bicyclic) bond motifs is 1. The first-order valence-electron chi connectivity index (χ1n) is 7.41. The van der Waals surface area contributed by atoms with Crippen LogP contribution >= 0.6 is 11.8 Å². The smallest absolute Gasteiger partial charge is 0.327 e. The average Bonchev–Trinajstić information content (AvgIpc) is 2.70. The highest BCUT2D eigenvalue weighted by molar-refractivity contribution is 8.01. The van der Waals surface area contributed by atoms with Gasteiger partial charge in [-0.15, -0.1) is 11.8 Å². The van der Waals surface area contributed by atoms with Crippen LogP contribution < -0.4 is 5.73 Å². The molecule has 21 heavy (non-hydrogen) atoms. The van der Waals surface area contributed by atoms with E-state index >= 15 is 0 Å². The van der Waals surface area contributed by atoms with Crippen LogP contribution in [-0.2, 0) is 9.59 Å². The molecule has 0 aromatic heterocycles. The Morgan fingerprint density at radius 1 is 1.33 bits per heavy atom. The topological polar surface area (TPSA) is 86.9 Å². The molecule has 2 heterocycles. The highest BCUT2D eigenvalue weighted by atomic mass is 32.2. The molecule has 0 aromatic carbocycles. The van der Waals surface area contributed by atoms with Crippen molar-refractivity contribution in [1.29, 1.82) is 0 Å². The maximum absolute atomic E-state index is 11.4. The molecule has 0 bridgehead atoms. The van der Waals surface area contributed by atoms with Gasteiger partial charge >= 0.3 is 5.97 Å². The molecular formula is C14H27N3O3S. The first-order valence-corrected chi connectivity index (χ1v) is 8.29. The van der Waals surface area contributed by atoms with Crippen LogP contribution in [0.15, 0.2) is 0 Å². The largest absolute Gasteiger partial charge is 0.480 e. The van der Waals surface area contributed by atoms with Crippen LogP contribution in [0.25, 0.3) is 0 Å². The van der Waals surface area contributed by atoms with Gasteiger partial charge in [0.15, 0.2) is 0 Å². The van der Waals surface area contributed by atoms with Gasteiger partial charge in [-0.1, -0.05) is 20.8 Å². The Morgan fingerprint density at radius 2 is 1.81 bits per heavy atom. The summed E-state index contributed by atoms with van der Waals surface area (Å²) in [6.45, 7) is 13.8. The van der Waals surface area contributed by atoms with E-state index in [0.29, 0.717) is 0 Å². The highest BCUT2D eigenvalue weighted by Crippen LogP contribution is 2.50. The number of amides is 1. The molecule has 0 aromatic rings. The third-order valence-corrected chi connectivity index (χ3v) is 5.65. The van der Waals surface area contributed by atoms with Gasteiger partial charge in [-0.05, 0) is 33.5 Å². The summed E-state index contributed by atoms with van der Waals surface area (Å²) in [6, 6.07) is -1.27. The van der Waals surface area contributed by atoms with Gasteiger partial charge in [0, 0.05) is 4.75 Å². The summed E-state index contributed by atoms with van der Waals surface area (Å²) in [5, 5.41) is 8.87. The zero-order valence-electron chi connectivity index (χ0n) is 13.5. The predicted molar refractivity (Wildman–Crippen MR) is 85.2 cm³/mol. The van der Waals surface area contributed by atoms with Gasteiger partial charge in [0.2, 0.25) is 5.91 Å². The molecular weight excluding hydrogens is 290 g/mol. The van der Waals surface area contributed by atoms with E-state index < -0.39 is 22.8 Å². The number of carboxylic acids is 1. The SMILES string of the molecule is CC1(C)S[C@@H]2[C@H](N)C(=O)N2[C@H]1C(=O)O.CCN(CC)CC. The molecule has 0 saturated carbocycles. The molecule has 3 atom stereocenters. The fourth-order valence-corrected chi connectivity index (χ4v) is 4.28. The van der Waals surface area contributed by atoms with E-state index in [1.165, 1.54) is 36.3 Å². The zero-order valence-corrected chi connectivity index (χ0v) is 14.3. The molecule has 2 fully saturated rings. The van der Waals surface area contributed by atoms with E-state index in [1.54, 1.807) is 0 Å². The minimum Gasteiger partial charge on any atom is -0.480 e. The van der Waals surface area contributed by atoms with Crippen LogP contribution in [0.5, 0.6) is 0 Å². The number of hydrogen-bond donors (Lipinski definition) is 2. The molecule has 122 valence electrons. The molecule has 0 radical (unpaired) electrons. The van der Waals surface area contributed by atoms with Gasteiger partial charge in [-0.3, -0.25) is 4.79 Å². The third kappa shape index (κ3) is 3.52. The lowest BCUT2D eigenvalue weighted by atomic mass is 9.96. The van der Waals surface area contributed by atoms with Crippen molar-refractivity contribution in [2.45, 2.75) is 56.8 Å². The average molecular weight is 317 g/mol. The first-order chi connectivity index (χ1) is 9.71. The standard InChI is InChI=1S/C8H12N2O3S.C6H15N/c1-8(2)4(7(12)13)10-5(11)3(9)6(10)14-8;1-4-7(5-2)6-3/h3-4,6H,9H2,1-2H3,(H,12,13);4-6H2,1-3H3/t3-,4+,6-;/m1./s1. The lowest BCUT2D eigenvalue weighted by Gasteiger charge is -2.41. The monoisotopic (exact) mass is 317 g/mol. The maximum Gasteiger partial charge on any atom is 0.327 e. The fraction of sp³-hybridized carbons (Fsp3) is 0.857. The lowest BCUT2D eigenvalue weighted by molar-refractivity contribution is -0.159. The second kappa shape index (κ2) is 6.98. The molecule has 2 aliphatic rings. The Morgan fingerprint density at radius 3 is 2.14 bits per heavy atom. The van der Waals surface area contributed by atoms with Crippen LogP contribution in [0.1, 0.15) is 34.6 Å². The van der Waals surface area contributed by atoms with E-state index in [0.717, 1.165) is 0 Å². The first kappa shape index (κ1) is 18.3. The van der Waals surface area contributed by atoms with Gasteiger partial charge in [-0.2, -0.15) is 0 Å². The summed E-state index contributed by atoms with van der Waals surface area (Å²) in [4.78, 5) is 26.1. The predicted octanol–water partition coefficient (Wildman–Crippen LogP) is 0.809. The second-order valence-electron chi connectivity index (χ2n) is 5.74. The van der Waals surface area contributed by atoms with Crippen molar-refractivity contribution >= 4 is 23.6 Å². The van der Waals surface area contributed by atoms with Crippen LogP contribution in [0.4, 0.5) is 0 Å². The van der Waals surface area contributed by atoms with Gasteiger partial charge in [-0.25, -0.2) is 4.79 Å². The minimum atomic E-state index is -0.953. The summed E-state index contributed by atoms with van der Waals surface area (Å²) in [5.74, 6) is -1.20. The van der Waals surface area contributed by atoms with Crippen molar-refractivity contribution < 1.29 is 14.7 Å². The van der Waals surface area contributed by atoms with E-state index in [9.17, 15) is 9.59 Å². The Kier molecular flexibility index (Phi) is 6.07. The Balaban J connectivity index is 0.000000270. The van der Waals surface area contributed by atoms with Crippen molar-refractivity contribution in [2.24, 2.45) is 5.73 Å². The molecule has 7 heteroatoms. The molecule has 6 nitrogen and oxygen atoms in total. The molecule has 0 spiro atoms. The molecule has 2 rings (SSSR count). The normalized spacial score (nSPS) is 29.6. The summed E-state index contributed by atoms with van der Waals surface area (Å²) < 4.78 is -0.458. The number of carbonyl (C=O) groups excluding carboxylic acids is 1. The van der Waals surface area contributed by atoms with Crippen molar-refractivity contribution in [3.63, 3.8) is 0 Å². The molecule has 0 unspecified atom stereocenters. The van der Waals surface area contributed by atoms with Crippen molar-refractivity contribution in [1.82, 2.24) is 9.80 Å². The number of hydrogen-bond acceptors (Lipinski definition) is 5. The summed E-state index contributed by atoms with van der Waals surface area (Å²) >= 11 is 1.47. The zero-order chi connectivity index (χ0) is 16.4. The summed E-state index contributed by atoms with van der Waals surface area (Å²) in [6.07, 6.45) is 0. The Labute approximate surface area is 131 Å². The highest BCUT2D eigenvalue weighted by Gasteiger charge is 2.62. The molecule has 2 saturated heterocycles. The second-order valence-corrected chi connectivity index (χ2v) is 7.51. The molecule has 1 amide bonds. The number of carbonyl (C=O) groups is 2. The summed E-state index contributed by atoms with van der Waals surface area (Å²) in [7, 11) is 0. The van der Waals surface area contributed by atoms with Crippen molar-refractivity contribution in [3.8, 4) is 0 Å². The lowest BCUT2D eigenvalue weighted by Crippen LogP contribution is -2.68. The number of thioether (sulfide) groups is 1. The van der Waals surface area contributed by atoms with Crippen LogP contribution in [0, 0.1) is 0 Å². The van der Waals surface area contributed by atoms with E-state index in [4.69, 9.17) is 10.8 Å². The number of carboxylic acid groups (broad SMARTS) is 1. The van der Waals surface area contributed by atoms with Gasteiger partial charge in [0.25, 0.3) is 0 Å². The van der Waals surface area contributed by atoms with Gasteiger partial charge < -0.3 is 20.6 Å². The maximum atomic E-state index is 11.4. The Bertz CT molecular complexity index is 393. The van der Waals surface area contributed by atoms with E-state index in [-0.39, 0.29) is 11.3 Å². The Hall–Kier alpha value is -0.790. The van der Waals surface area contributed by atoms with E-state index in [1.807, 2.05) is 13.8 Å². The number of β-lactam (4-membered cyclic amide) rings is 1. The quantitative estimate of drug-likeness (QED) is 0.746. The van der Waals surface area contributed by atoms with Crippen LogP contribution in [-0.4, -0.2) is 68.6 Å². The molecule has 2 aliphatic heterocycles. The van der Waals surface area contributed by atoms with Crippen LogP contribution in [0.3, 0.4) is 0 Å². The van der Waals surface area contributed by atoms with Crippen molar-refractivity contribution in [2.75, 3.05) is 19.6 Å². The fourth-order valence-electron chi connectivity index (χ4n) is 2.71. The third-order valence-electron chi connectivity index (χ3n) is 4.06. The number of nitrogens with two attached hydrogens (primary N) is 1. The van der Waals surface area contributed by atoms with Crippen molar-refractivity contribution in [3.05, 3.63) is 0 Å². The van der Waals surface area contributed by atoms with Crippen LogP contribution in [0.2, 0.25) is 0 Å². The number of rotatable bonds is 4. The molecule has 0 aliphatic carbocycles. The summed E-state index contributed by atoms with van der Waals surface area (Å²) in [5.41, 5.74) is 5.59. The number of nitrogens with zero attached hydrogens (tertiary/aromatic N) is 2. The van der Waals surface area contributed by atoms with E-state index in [2.05, 4.69) is 25.7 Å². The minimum absolute atomic E-state index is 0.154.